The van der Waals surface area contributed by atoms with Gasteiger partial charge in [0, 0.05) is 6.42 Å². The van der Waals surface area contributed by atoms with Gasteiger partial charge in [-0.15, -0.1) is 21.5 Å². The van der Waals surface area contributed by atoms with E-state index in [4.69, 9.17) is 0 Å². The Labute approximate surface area is 93.8 Å². The van der Waals surface area contributed by atoms with E-state index in [0.29, 0.717) is 5.01 Å². The molecule has 0 unspecified atom stereocenters. The van der Waals surface area contributed by atoms with Gasteiger partial charge in [0.25, 0.3) is 0 Å². The van der Waals surface area contributed by atoms with Crippen LogP contribution in [0.15, 0.2) is 12.1 Å². The molecule has 2 aromatic rings. The molecule has 0 aliphatic carbocycles. The summed E-state index contributed by atoms with van der Waals surface area (Å²) in [6.45, 7) is 1.77. The summed E-state index contributed by atoms with van der Waals surface area (Å²) in [6, 6.07) is 2.12. The summed E-state index contributed by atoms with van der Waals surface area (Å²) in [6.07, 6.45) is 0.120. The van der Waals surface area contributed by atoms with E-state index in [0.717, 1.165) is 11.1 Å². The summed E-state index contributed by atoms with van der Waals surface area (Å²) in [5.74, 6) is -3.79. The average Bonchev–Trinajstić information content (AvgIpc) is 2.65. The van der Waals surface area contributed by atoms with Crippen molar-refractivity contribution in [2.45, 2.75) is 13.3 Å². The van der Waals surface area contributed by atoms with E-state index < -0.39 is 17.5 Å². The predicted molar refractivity (Wildman–Crippen MR) is 53.8 cm³/mol. The van der Waals surface area contributed by atoms with E-state index in [9.17, 15) is 13.2 Å². The number of benzene rings is 1. The highest BCUT2D eigenvalue weighted by atomic mass is 32.1. The first-order valence-corrected chi connectivity index (χ1v) is 5.31. The Morgan fingerprint density at radius 2 is 1.88 bits per heavy atom. The largest absolute Gasteiger partial charge is 0.204 e. The quantitative estimate of drug-likeness (QED) is 0.759. The first-order valence-electron chi connectivity index (χ1n) is 4.49. The van der Waals surface area contributed by atoms with Gasteiger partial charge in [-0.25, -0.2) is 13.2 Å². The number of halogens is 3. The zero-order valence-corrected chi connectivity index (χ0v) is 9.11. The molecule has 0 radical (unpaired) electrons. The van der Waals surface area contributed by atoms with Crippen molar-refractivity contribution in [1.29, 1.82) is 0 Å². The first kappa shape index (κ1) is 11.1. The van der Waals surface area contributed by atoms with E-state index in [2.05, 4.69) is 10.2 Å². The van der Waals surface area contributed by atoms with Crippen molar-refractivity contribution in [2.75, 3.05) is 0 Å². The van der Waals surface area contributed by atoms with Crippen molar-refractivity contribution in [3.63, 3.8) is 0 Å². The molecule has 0 saturated carbocycles. The monoisotopic (exact) mass is 244 g/mol. The highest BCUT2D eigenvalue weighted by Crippen LogP contribution is 2.19. The molecule has 1 aromatic heterocycles. The third kappa shape index (κ3) is 2.06. The second-order valence-electron chi connectivity index (χ2n) is 3.23. The number of aromatic nitrogens is 2. The Bertz CT molecular complexity index is 525. The average molecular weight is 244 g/mol. The smallest absolute Gasteiger partial charge is 0.194 e. The van der Waals surface area contributed by atoms with Crippen LogP contribution in [0.2, 0.25) is 0 Å². The van der Waals surface area contributed by atoms with E-state index >= 15 is 0 Å². The lowest BCUT2D eigenvalue weighted by Crippen LogP contribution is -1.98. The van der Waals surface area contributed by atoms with Crippen LogP contribution in [0.3, 0.4) is 0 Å². The maximum absolute atomic E-state index is 13.3. The molecular weight excluding hydrogens is 237 g/mol. The van der Waals surface area contributed by atoms with Gasteiger partial charge in [0.15, 0.2) is 17.5 Å². The normalized spacial score (nSPS) is 10.8. The SMILES string of the molecule is Cc1nnc(Cc2ccc(F)c(F)c2F)s1. The zero-order chi connectivity index (χ0) is 11.7. The van der Waals surface area contributed by atoms with Gasteiger partial charge < -0.3 is 0 Å². The van der Waals surface area contributed by atoms with Crippen LogP contribution >= 0.6 is 11.3 Å². The fraction of sp³-hybridized carbons (Fsp3) is 0.200. The minimum Gasteiger partial charge on any atom is -0.204 e. The molecule has 2 nitrogen and oxygen atoms in total. The fourth-order valence-electron chi connectivity index (χ4n) is 1.27. The van der Waals surface area contributed by atoms with Crippen LogP contribution in [0, 0.1) is 24.4 Å². The fourth-order valence-corrected chi connectivity index (χ4v) is 2.01. The topological polar surface area (TPSA) is 25.8 Å². The van der Waals surface area contributed by atoms with Gasteiger partial charge in [-0.3, -0.25) is 0 Å². The molecular formula is C10H7F3N2S. The summed E-state index contributed by atoms with van der Waals surface area (Å²) < 4.78 is 38.9. The van der Waals surface area contributed by atoms with Crippen molar-refractivity contribution in [2.24, 2.45) is 0 Å². The van der Waals surface area contributed by atoms with E-state index in [1.807, 2.05) is 0 Å². The zero-order valence-electron chi connectivity index (χ0n) is 8.30. The van der Waals surface area contributed by atoms with Crippen LogP contribution in [-0.4, -0.2) is 10.2 Å². The van der Waals surface area contributed by atoms with Crippen LogP contribution in [-0.2, 0) is 6.42 Å². The summed E-state index contributed by atoms with van der Waals surface area (Å²) in [7, 11) is 0. The van der Waals surface area contributed by atoms with Gasteiger partial charge in [0.05, 0.1) is 0 Å². The van der Waals surface area contributed by atoms with E-state index in [1.54, 1.807) is 6.92 Å². The second-order valence-corrected chi connectivity index (χ2v) is 4.49. The maximum atomic E-state index is 13.3. The van der Waals surface area contributed by atoms with Crippen molar-refractivity contribution in [3.8, 4) is 0 Å². The molecule has 0 bridgehead atoms. The number of nitrogens with zero attached hydrogens (tertiary/aromatic N) is 2. The molecule has 0 N–H and O–H groups in total. The van der Waals surface area contributed by atoms with Gasteiger partial charge in [0.1, 0.15) is 10.0 Å². The molecule has 0 spiro atoms. The molecule has 0 aliphatic heterocycles. The molecule has 6 heteroatoms. The molecule has 1 aromatic carbocycles. The molecule has 16 heavy (non-hydrogen) atoms. The minimum absolute atomic E-state index is 0.0788. The molecule has 0 saturated heterocycles. The Morgan fingerprint density at radius 1 is 1.12 bits per heavy atom. The van der Waals surface area contributed by atoms with Crippen molar-refractivity contribution >= 4 is 11.3 Å². The highest BCUT2D eigenvalue weighted by molar-refractivity contribution is 7.11. The predicted octanol–water partition coefficient (Wildman–Crippen LogP) is 2.85. The highest BCUT2D eigenvalue weighted by Gasteiger charge is 2.14. The number of hydrogen-bond acceptors (Lipinski definition) is 3. The minimum atomic E-state index is -1.45. The Kier molecular flexibility index (Phi) is 2.91. The summed E-state index contributed by atoms with van der Waals surface area (Å²) in [4.78, 5) is 0. The van der Waals surface area contributed by atoms with E-state index in [1.165, 1.54) is 17.4 Å². The summed E-state index contributed by atoms with van der Waals surface area (Å²) >= 11 is 1.30. The third-order valence-corrected chi connectivity index (χ3v) is 2.86. The van der Waals surface area contributed by atoms with Gasteiger partial charge in [-0.2, -0.15) is 0 Å². The second kappa shape index (κ2) is 4.21. The third-order valence-electron chi connectivity index (χ3n) is 2.02. The molecule has 0 fully saturated rings. The van der Waals surface area contributed by atoms with Crippen LogP contribution in [0.5, 0.6) is 0 Å². The molecule has 84 valence electrons. The van der Waals surface area contributed by atoms with Crippen LogP contribution < -0.4 is 0 Å². The van der Waals surface area contributed by atoms with Gasteiger partial charge >= 0.3 is 0 Å². The van der Waals surface area contributed by atoms with Gasteiger partial charge in [-0.1, -0.05) is 6.07 Å². The van der Waals surface area contributed by atoms with Crippen molar-refractivity contribution in [1.82, 2.24) is 10.2 Å². The van der Waals surface area contributed by atoms with Gasteiger partial charge in [0.2, 0.25) is 0 Å². The Morgan fingerprint density at radius 3 is 2.50 bits per heavy atom. The van der Waals surface area contributed by atoms with Gasteiger partial charge in [-0.05, 0) is 18.6 Å². The summed E-state index contributed by atoms with van der Waals surface area (Å²) in [5.41, 5.74) is 0.0788. The Hall–Kier alpha value is -1.43. The Balaban J connectivity index is 2.32. The molecule has 0 amide bonds. The first-order chi connectivity index (χ1) is 7.58. The van der Waals surface area contributed by atoms with Crippen LogP contribution in [0.4, 0.5) is 13.2 Å². The van der Waals surface area contributed by atoms with Crippen molar-refractivity contribution < 1.29 is 13.2 Å². The number of aryl methyl sites for hydroxylation is 1. The summed E-state index contributed by atoms with van der Waals surface area (Å²) in [5, 5.41) is 8.87. The van der Waals surface area contributed by atoms with Crippen molar-refractivity contribution in [3.05, 3.63) is 45.2 Å². The molecule has 1 heterocycles. The van der Waals surface area contributed by atoms with Crippen LogP contribution in [0.25, 0.3) is 0 Å². The molecule has 0 atom stereocenters. The lowest BCUT2D eigenvalue weighted by Gasteiger charge is -2.01. The molecule has 2 rings (SSSR count). The lowest BCUT2D eigenvalue weighted by molar-refractivity contribution is 0.442. The lowest BCUT2D eigenvalue weighted by atomic mass is 10.1. The number of hydrogen-bond donors (Lipinski definition) is 0. The number of rotatable bonds is 2. The molecule has 0 aliphatic rings. The maximum Gasteiger partial charge on any atom is 0.194 e. The standard InChI is InChI=1S/C10H7F3N2S/c1-5-14-15-8(16-5)4-6-2-3-7(11)10(13)9(6)12/h2-3H,4H2,1H3. The van der Waals surface area contributed by atoms with Crippen LogP contribution in [0.1, 0.15) is 15.6 Å². The van der Waals surface area contributed by atoms with E-state index in [-0.39, 0.29) is 12.0 Å².